The fourth-order valence-electron chi connectivity index (χ4n) is 3.08. The summed E-state index contributed by atoms with van der Waals surface area (Å²) in [6.45, 7) is 0. The van der Waals surface area contributed by atoms with Gasteiger partial charge in [0.25, 0.3) is 11.8 Å². The predicted octanol–water partition coefficient (Wildman–Crippen LogP) is 3.92. The minimum atomic E-state index is -1.20. The van der Waals surface area contributed by atoms with Gasteiger partial charge in [-0.1, -0.05) is 24.3 Å². The summed E-state index contributed by atoms with van der Waals surface area (Å²) < 4.78 is 5.12. The van der Waals surface area contributed by atoms with Gasteiger partial charge in [-0.3, -0.25) is 9.59 Å². The number of carbonyl (C=O) groups excluding carboxylic acids is 2. The van der Waals surface area contributed by atoms with Crippen LogP contribution in [0.15, 0.2) is 53.9 Å². The summed E-state index contributed by atoms with van der Waals surface area (Å²) in [4.78, 5) is 38.4. The third-order valence-corrected chi connectivity index (χ3v) is 5.35. The Morgan fingerprint density at radius 1 is 0.963 bits per heavy atom. The van der Waals surface area contributed by atoms with Gasteiger partial charge in [-0.05, 0) is 29.8 Å². The van der Waals surface area contributed by atoms with Crippen molar-refractivity contribution in [2.24, 2.45) is 0 Å². The van der Waals surface area contributed by atoms with E-state index in [2.05, 4.69) is 0 Å². The van der Waals surface area contributed by atoms with Crippen molar-refractivity contribution in [2.45, 2.75) is 0 Å². The number of carbonyl (C=O) groups is 3. The van der Waals surface area contributed by atoms with Gasteiger partial charge < -0.3 is 9.84 Å². The molecule has 3 aromatic rings. The number of amides is 2. The molecule has 0 saturated carbocycles. The Hall–Kier alpha value is -3.45. The molecule has 27 heavy (non-hydrogen) atoms. The van der Waals surface area contributed by atoms with Crippen LogP contribution >= 0.6 is 11.3 Å². The van der Waals surface area contributed by atoms with Crippen molar-refractivity contribution in [1.29, 1.82) is 0 Å². The van der Waals surface area contributed by atoms with Gasteiger partial charge in [0, 0.05) is 10.9 Å². The highest BCUT2D eigenvalue weighted by molar-refractivity contribution is 7.15. The van der Waals surface area contributed by atoms with E-state index in [-0.39, 0.29) is 21.7 Å². The van der Waals surface area contributed by atoms with Crippen molar-refractivity contribution >= 4 is 34.1 Å². The number of thiophene rings is 1. The summed E-state index contributed by atoms with van der Waals surface area (Å²) in [5.41, 5.74) is 1.59. The smallest absolute Gasteiger partial charge is 0.339 e. The first-order valence-electron chi connectivity index (χ1n) is 8.00. The molecule has 1 aromatic heterocycles. The van der Waals surface area contributed by atoms with Crippen LogP contribution in [0.2, 0.25) is 0 Å². The van der Waals surface area contributed by atoms with Gasteiger partial charge in [0.2, 0.25) is 0 Å². The number of aromatic carboxylic acids is 1. The van der Waals surface area contributed by atoms with Crippen molar-refractivity contribution < 1.29 is 24.2 Å². The standard InChI is InChI=1S/C20H13NO5S/c1-26-12-8-6-11(7-9-12)15-10-27-19(16(15)20(24)25)21-17(22)13-4-2-3-5-14(13)18(21)23/h2-10H,1H3,(H,24,25). The van der Waals surface area contributed by atoms with Gasteiger partial charge >= 0.3 is 5.97 Å². The number of hydrogen-bond acceptors (Lipinski definition) is 5. The highest BCUT2D eigenvalue weighted by Crippen LogP contribution is 2.41. The monoisotopic (exact) mass is 379 g/mol. The quantitative estimate of drug-likeness (QED) is 0.695. The van der Waals surface area contributed by atoms with Crippen molar-refractivity contribution in [3.63, 3.8) is 0 Å². The Balaban J connectivity index is 1.83. The molecule has 0 atom stereocenters. The number of anilines is 1. The molecule has 0 unspecified atom stereocenters. The lowest BCUT2D eigenvalue weighted by atomic mass is 10.0. The Morgan fingerprint density at radius 2 is 1.56 bits per heavy atom. The molecular formula is C20H13NO5S. The number of methoxy groups -OCH3 is 1. The maximum absolute atomic E-state index is 12.7. The summed E-state index contributed by atoms with van der Waals surface area (Å²) in [5, 5.41) is 11.5. The van der Waals surface area contributed by atoms with Crippen LogP contribution in [0.5, 0.6) is 5.75 Å². The maximum Gasteiger partial charge on any atom is 0.339 e. The Labute approximate surface area is 158 Å². The van der Waals surface area contributed by atoms with Crippen LogP contribution < -0.4 is 9.64 Å². The highest BCUT2D eigenvalue weighted by Gasteiger charge is 2.39. The first-order chi connectivity index (χ1) is 13.0. The van der Waals surface area contributed by atoms with Crippen LogP contribution in [0.4, 0.5) is 5.00 Å². The fraction of sp³-hybridized carbons (Fsp3) is 0.0500. The van der Waals surface area contributed by atoms with Gasteiger partial charge in [0.15, 0.2) is 0 Å². The second kappa shape index (κ2) is 6.37. The number of carboxylic acids is 1. The summed E-state index contributed by atoms with van der Waals surface area (Å²) in [7, 11) is 1.54. The van der Waals surface area contributed by atoms with E-state index in [1.807, 2.05) is 0 Å². The number of ether oxygens (including phenoxy) is 1. The number of imide groups is 1. The molecule has 6 nitrogen and oxygen atoms in total. The van der Waals surface area contributed by atoms with Gasteiger partial charge in [-0.2, -0.15) is 0 Å². The Morgan fingerprint density at radius 3 is 2.07 bits per heavy atom. The van der Waals surface area contributed by atoms with E-state index in [4.69, 9.17) is 4.74 Å². The molecular weight excluding hydrogens is 366 g/mol. The third kappa shape index (κ3) is 2.60. The summed E-state index contributed by atoms with van der Waals surface area (Å²) in [6, 6.07) is 13.4. The molecule has 0 saturated heterocycles. The van der Waals surface area contributed by atoms with Gasteiger partial charge in [0.05, 0.1) is 18.2 Å². The van der Waals surface area contributed by atoms with E-state index in [0.29, 0.717) is 16.9 Å². The van der Waals surface area contributed by atoms with Crippen LogP contribution in [0.25, 0.3) is 11.1 Å². The second-order valence-corrected chi connectivity index (χ2v) is 6.71. The number of carboxylic acid groups (broad SMARTS) is 1. The van der Waals surface area contributed by atoms with E-state index in [9.17, 15) is 19.5 Å². The van der Waals surface area contributed by atoms with Gasteiger partial charge in [-0.25, -0.2) is 9.69 Å². The van der Waals surface area contributed by atoms with Crippen molar-refractivity contribution in [2.75, 3.05) is 12.0 Å². The highest BCUT2D eigenvalue weighted by atomic mass is 32.1. The molecule has 0 fully saturated rings. The van der Waals surface area contributed by atoms with Crippen LogP contribution in [0.3, 0.4) is 0 Å². The topological polar surface area (TPSA) is 83.9 Å². The van der Waals surface area contributed by atoms with Crippen LogP contribution in [0.1, 0.15) is 31.1 Å². The minimum Gasteiger partial charge on any atom is -0.497 e. The lowest BCUT2D eigenvalue weighted by Crippen LogP contribution is -2.30. The summed E-state index contributed by atoms with van der Waals surface area (Å²) in [6.07, 6.45) is 0. The molecule has 0 radical (unpaired) electrons. The number of fused-ring (bicyclic) bond motifs is 1. The largest absolute Gasteiger partial charge is 0.497 e. The molecule has 1 aliphatic rings. The minimum absolute atomic E-state index is 0.0697. The molecule has 7 heteroatoms. The average Bonchev–Trinajstić information content (AvgIpc) is 3.22. The van der Waals surface area contributed by atoms with Crippen molar-refractivity contribution in [3.05, 3.63) is 70.6 Å². The van der Waals surface area contributed by atoms with Crippen LogP contribution in [-0.4, -0.2) is 30.0 Å². The average molecular weight is 379 g/mol. The van der Waals surface area contributed by atoms with Crippen LogP contribution in [0, 0.1) is 0 Å². The molecule has 2 amide bonds. The number of hydrogen-bond donors (Lipinski definition) is 1. The zero-order valence-electron chi connectivity index (χ0n) is 14.1. The Bertz CT molecular complexity index is 1050. The van der Waals surface area contributed by atoms with E-state index in [1.54, 1.807) is 61.0 Å². The molecule has 0 aliphatic carbocycles. The first-order valence-corrected chi connectivity index (χ1v) is 8.88. The zero-order chi connectivity index (χ0) is 19.1. The van der Waals surface area contributed by atoms with E-state index in [1.165, 1.54) is 0 Å². The second-order valence-electron chi connectivity index (χ2n) is 5.85. The number of benzene rings is 2. The van der Waals surface area contributed by atoms with E-state index >= 15 is 0 Å². The predicted molar refractivity (Wildman–Crippen MR) is 101 cm³/mol. The maximum atomic E-state index is 12.7. The van der Waals surface area contributed by atoms with Crippen molar-refractivity contribution in [3.8, 4) is 16.9 Å². The van der Waals surface area contributed by atoms with Gasteiger partial charge in [-0.15, -0.1) is 11.3 Å². The van der Waals surface area contributed by atoms with E-state index in [0.717, 1.165) is 16.2 Å². The molecule has 2 aromatic carbocycles. The van der Waals surface area contributed by atoms with Crippen LogP contribution in [-0.2, 0) is 0 Å². The lowest BCUT2D eigenvalue weighted by molar-refractivity contribution is 0.0699. The molecule has 1 N–H and O–H groups in total. The SMILES string of the molecule is COc1ccc(-c2csc(N3C(=O)c4ccccc4C3=O)c2C(=O)O)cc1. The number of rotatable bonds is 4. The van der Waals surface area contributed by atoms with Gasteiger partial charge in [0.1, 0.15) is 16.3 Å². The number of nitrogens with zero attached hydrogens (tertiary/aromatic N) is 1. The normalized spacial score (nSPS) is 13.0. The molecule has 0 spiro atoms. The summed E-state index contributed by atoms with van der Waals surface area (Å²) >= 11 is 1.06. The molecule has 2 heterocycles. The van der Waals surface area contributed by atoms with E-state index < -0.39 is 17.8 Å². The lowest BCUT2D eigenvalue weighted by Gasteiger charge is -2.13. The first kappa shape index (κ1) is 17.0. The zero-order valence-corrected chi connectivity index (χ0v) is 14.9. The molecule has 4 rings (SSSR count). The third-order valence-electron chi connectivity index (χ3n) is 4.38. The molecule has 1 aliphatic heterocycles. The summed E-state index contributed by atoms with van der Waals surface area (Å²) in [5.74, 6) is -1.58. The molecule has 0 bridgehead atoms. The Kier molecular flexibility index (Phi) is 4.01. The fourth-order valence-corrected chi connectivity index (χ4v) is 4.15. The molecule has 134 valence electrons. The van der Waals surface area contributed by atoms with Crippen molar-refractivity contribution in [1.82, 2.24) is 0 Å².